The van der Waals surface area contributed by atoms with Crippen LogP contribution in [0.25, 0.3) is 0 Å². The lowest BCUT2D eigenvalue weighted by atomic mass is 10.0. The fraction of sp³-hybridized carbons (Fsp3) is 0.483. The average molecular weight is 527 g/mol. The van der Waals surface area contributed by atoms with Gasteiger partial charge in [0.25, 0.3) is 0 Å². The minimum atomic E-state index is -2.96. The maximum Gasteiger partial charge on any atom is 0.330 e. The Morgan fingerprint density at radius 1 is 1.03 bits per heavy atom. The third-order valence-electron chi connectivity index (χ3n) is 6.77. The highest BCUT2D eigenvalue weighted by Gasteiger charge is 2.53. The molecule has 2 aromatic carbocycles. The van der Waals surface area contributed by atoms with E-state index >= 15 is 0 Å². The van der Waals surface area contributed by atoms with E-state index in [0.29, 0.717) is 12.2 Å². The van der Waals surface area contributed by atoms with Crippen LogP contribution in [0.4, 0.5) is 0 Å². The summed E-state index contributed by atoms with van der Waals surface area (Å²) in [5.74, 6) is -1.18. The second-order valence-electron chi connectivity index (χ2n) is 10.8. The van der Waals surface area contributed by atoms with Crippen molar-refractivity contribution in [2.24, 2.45) is 0 Å². The summed E-state index contributed by atoms with van der Waals surface area (Å²) in [6, 6.07) is 20.5. The van der Waals surface area contributed by atoms with Crippen LogP contribution in [0.5, 0.6) is 0 Å². The number of rotatable bonds is 8. The van der Waals surface area contributed by atoms with E-state index in [2.05, 4.69) is 45.0 Å². The van der Waals surface area contributed by atoms with Crippen molar-refractivity contribution in [3.05, 3.63) is 72.3 Å². The molecule has 0 saturated carbocycles. The zero-order chi connectivity index (χ0) is 26.7. The van der Waals surface area contributed by atoms with E-state index in [4.69, 9.17) is 28.4 Å². The molecule has 8 heteroatoms. The first kappa shape index (κ1) is 27.7. The minimum absolute atomic E-state index is 0.217. The van der Waals surface area contributed by atoms with Crippen molar-refractivity contribution in [1.29, 1.82) is 0 Å². The fourth-order valence-electron chi connectivity index (χ4n) is 5.06. The maximum atomic E-state index is 12.5. The van der Waals surface area contributed by atoms with Crippen molar-refractivity contribution in [2.75, 3.05) is 19.8 Å². The average Bonchev–Trinajstić information content (AvgIpc) is 3.42. The van der Waals surface area contributed by atoms with Gasteiger partial charge in [0.2, 0.25) is 0 Å². The van der Waals surface area contributed by atoms with Gasteiger partial charge in [-0.1, -0.05) is 81.4 Å². The van der Waals surface area contributed by atoms with Crippen LogP contribution < -0.4 is 10.4 Å². The Balaban J connectivity index is 1.69. The third kappa shape index (κ3) is 5.90. The number of carbonyl (C=O) groups is 1. The summed E-state index contributed by atoms with van der Waals surface area (Å²) in [5.41, 5.74) is 0.627. The molecule has 3 atom stereocenters. The van der Waals surface area contributed by atoms with Crippen molar-refractivity contribution in [1.82, 2.24) is 0 Å². The molecule has 2 saturated heterocycles. The van der Waals surface area contributed by atoms with Gasteiger partial charge in [-0.2, -0.15) is 0 Å². The second kappa shape index (κ2) is 11.2. The molecule has 0 amide bonds. The molecule has 0 N–H and O–H groups in total. The first-order chi connectivity index (χ1) is 17.6. The van der Waals surface area contributed by atoms with Crippen LogP contribution in [0.1, 0.15) is 41.5 Å². The molecule has 0 radical (unpaired) electrons. The highest BCUT2D eigenvalue weighted by molar-refractivity contribution is 6.99. The first-order valence-corrected chi connectivity index (χ1v) is 14.8. The predicted octanol–water partition coefficient (Wildman–Crippen LogP) is 3.90. The van der Waals surface area contributed by atoms with Gasteiger partial charge >= 0.3 is 14.3 Å². The molecule has 4 rings (SSSR count). The lowest BCUT2D eigenvalue weighted by Crippen LogP contribution is -2.66. The molecule has 0 spiro atoms. The third-order valence-corrected chi connectivity index (χ3v) is 11.5. The molecule has 0 aliphatic carbocycles. The number of ether oxygens (including phenoxy) is 4. The smallest absolute Gasteiger partial charge is 0.330 e. The van der Waals surface area contributed by atoms with E-state index in [1.54, 1.807) is 6.92 Å². The van der Waals surface area contributed by atoms with E-state index < -0.39 is 32.3 Å². The van der Waals surface area contributed by atoms with E-state index in [-0.39, 0.29) is 24.4 Å². The van der Waals surface area contributed by atoms with Crippen molar-refractivity contribution in [3.63, 3.8) is 0 Å². The van der Waals surface area contributed by atoms with Crippen LogP contribution >= 0.6 is 0 Å². The Hall–Kier alpha value is -2.33. The van der Waals surface area contributed by atoms with Gasteiger partial charge in [0, 0.05) is 11.6 Å². The molecule has 2 aromatic rings. The van der Waals surface area contributed by atoms with Gasteiger partial charge in [0.1, 0.15) is 18.3 Å². The molecule has 0 aromatic heterocycles. The Bertz CT molecular complexity index is 1040. The number of esters is 1. The molecule has 2 heterocycles. The van der Waals surface area contributed by atoms with Gasteiger partial charge in [-0.3, -0.25) is 4.58 Å². The lowest BCUT2D eigenvalue weighted by molar-refractivity contribution is -0.245. The monoisotopic (exact) mass is 526 g/mol. The van der Waals surface area contributed by atoms with Crippen LogP contribution in [-0.4, -0.2) is 58.2 Å². The molecular formula is C29H38O7Si. The summed E-state index contributed by atoms with van der Waals surface area (Å²) in [7, 11) is -2.96. The Labute approximate surface area is 220 Å². The zero-order valence-corrected chi connectivity index (χ0v) is 23.6. The van der Waals surface area contributed by atoms with E-state index in [1.165, 1.54) is 6.08 Å². The van der Waals surface area contributed by atoms with E-state index in [1.807, 2.05) is 50.2 Å². The van der Waals surface area contributed by atoms with Crippen LogP contribution in [0.2, 0.25) is 5.04 Å². The molecule has 0 bridgehead atoms. The van der Waals surface area contributed by atoms with Crippen molar-refractivity contribution >= 4 is 24.7 Å². The maximum absolute atomic E-state index is 12.5. The number of hydrogen-bond donors (Lipinski definition) is 0. The van der Waals surface area contributed by atoms with Crippen molar-refractivity contribution in [2.45, 2.75) is 70.7 Å². The van der Waals surface area contributed by atoms with E-state index in [9.17, 15) is 4.79 Å². The Kier molecular flexibility index (Phi) is 8.37. The molecule has 0 unspecified atom stereocenters. The number of benzene rings is 2. The minimum Gasteiger partial charge on any atom is -0.463 e. The van der Waals surface area contributed by atoms with Crippen LogP contribution in [0, 0.1) is 0 Å². The summed E-state index contributed by atoms with van der Waals surface area (Å²) < 4.78 is 29.8. The molecule has 2 fully saturated rings. The quantitative estimate of drug-likeness (QED) is 0.170. The van der Waals surface area contributed by atoms with Gasteiger partial charge in [-0.15, -0.1) is 0 Å². The van der Waals surface area contributed by atoms with Gasteiger partial charge < -0.3 is 18.9 Å². The SMILES string of the molecule is CCOC(=O)/C=C1/[C@@H](OO[Si](c2ccccc2)(c2ccccc2)C(C)(C)C)CO[C@@H]1[C@H]1COC(C)(C)O1. The molecule has 7 nitrogen and oxygen atoms in total. The molecule has 200 valence electrons. The fourth-order valence-corrected chi connectivity index (χ4v) is 9.15. The second-order valence-corrected chi connectivity index (χ2v) is 15.0. The van der Waals surface area contributed by atoms with Gasteiger partial charge in [0.15, 0.2) is 5.79 Å². The van der Waals surface area contributed by atoms with Gasteiger partial charge in [-0.05, 0) is 36.2 Å². The number of carbonyl (C=O) groups excluding carboxylic acids is 1. The van der Waals surface area contributed by atoms with Crippen LogP contribution in [-0.2, 0) is 33.2 Å². The van der Waals surface area contributed by atoms with Gasteiger partial charge in [0.05, 0.1) is 19.8 Å². The van der Waals surface area contributed by atoms with Crippen LogP contribution in [0.15, 0.2) is 72.3 Å². The van der Waals surface area contributed by atoms with Crippen LogP contribution in [0.3, 0.4) is 0 Å². The summed E-state index contributed by atoms with van der Waals surface area (Å²) in [6.07, 6.45) is -0.0469. The highest BCUT2D eigenvalue weighted by Crippen LogP contribution is 2.39. The summed E-state index contributed by atoms with van der Waals surface area (Å²) in [5, 5.41) is 1.91. The summed E-state index contributed by atoms with van der Waals surface area (Å²) >= 11 is 0. The Morgan fingerprint density at radius 3 is 2.11 bits per heavy atom. The normalized spacial score (nSPS) is 24.9. The zero-order valence-electron chi connectivity index (χ0n) is 22.6. The molecule has 37 heavy (non-hydrogen) atoms. The first-order valence-electron chi connectivity index (χ1n) is 12.8. The highest BCUT2D eigenvalue weighted by atomic mass is 28.4. The Morgan fingerprint density at radius 2 is 1.62 bits per heavy atom. The lowest BCUT2D eigenvalue weighted by Gasteiger charge is -2.41. The number of hydrogen-bond acceptors (Lipinski definition) is 7. The predicted molar refractivity (Wildman–Crippen MR) is 143 cm³/mol. The molecule has 2 aliphatic heterocycles. The molecular weight excluding hydrogens is 488 g/mol. The molecule has 2 aliphatic rings. The summed E-state index contributed by atoms with van der Waals surface area (Å²) in [6.45, 7) is 12.9. The van der Waals surface area contributed by atoms with Crippen molar-refractivity contribution < 1.29 is 33.2 Å². The summed E-state index contributed by atoms with van der Waals surface area (Å²) in [4.78, 5) is 18.8. The largest absolute Gasteiger partial charge is 0.463 e. The van der Waals surface area contributed by atoms with Gasteiger partial charge in [-0.25, -0.2) is 9.68 Å². The van der Waals surface area contributed by atoms with E-state index in [0.717, 1.165) is 10.4 Å². The van der Waals surface area contributed by atoms with Crippen molar-refractivity contribution in [3.8, 4) is 0 Å². The topological polar surface area (TPSA) is 72.5 Å². The standard InChI is InChI=1S/C29H38O7Si/c1-7-31-26(30)18-23-24(19-32-27(23)25-20-33-29(5,6)34-25)35-36-37(28(2,3)4,21-14-10-8-11-15-21)22-16-12-9-13-17-22/h8-18,24-25,27H,7,19-20H2,1-6H3/b23-18-/t24-,25+,27-/m0/s1.